The van der Waals surface area contributed by atoms with Crippen LogP contribution in [0.2, 0.25) is 0 Å². The van der Waals surface area contributed by atoms with E-state index in [0.717, 1.165) is 55.6 Å². The van der Waals surface area contributed by atoms with E-state index in [4.69, 9.17) is 24.7 Å². The van der Waals surface area contributed by atoms with Crippen LogP contribution in [0.15, 0.2) is 72.8 Å². The van der Waals surface area contributed by atoms with Crippen molar-refractivity contribution in [2.45, 2.75) is 82.3 Å². The Kier molecular flexibility index (Phi) is 11.9. The summed E-state index contributed by atoms with van der Waals surface area (Å²) in [6.07, 6.45) is 4.51. The van der Waals surface area contributed by atoms with E-state index >= 15 is 0 Å². The maximum atomic E-state index is 12.6. The molecule has 3 saturated heterocycles. The zero-order valence-corrected chi connectivity index (χ0v) is 28.0. The fourth-order valence-corrected chi connectivity index (χ4v) is 6.70. The lowest BCUT2D eigenvalue weighted by Gasteiger charge is -2.41. The van der Waals surface area contributed by atoms with E-state index in [9.17, 15) is 14.7 Å². The van der Waals surface area contributed by atoms with E-state index in [1.54, 1.807) is 12.1 Å². The minimum absolute atomic E-state index is 0.00287. The van der Waals surface area contributed by atoms with Gasteiger partial charge in [0, 0.05) is 63.0 Å². The van der Waals surface area contributed by atoms with Gasteiger partial charge in [-0.05, 0) is 48.2 Å². The predicted octanol–water partition coefficient (Wildman–Crippen LogP) is 5.67. The topological polar surface area (TPSA) is 145 Å². The number of piperidine rings is 1. The third-order valence-corrected chi connectivity index (χ3v) is 9.52. The number of amides is 2. The highest BCUT2D eigenvalue weighted by Gasteiger charge is 2.41. The number of nitrogen functional groups attached to an aromatic ring is 1. The molecule has 3 heterocycles. The Hall–Kier alpha value is -3.84. The van der Waals surface area contributed by atoms with Crippen LogP contribution in [0.5, 0.6) is 0 Å². The summed E-state index contributed by atoms with van der Waals surface area (Å²) >= 11 is 0. The van der Waals surface area contributed by atoms with Crippen LogP contribution >= 0.6 is 0 Å². The first-order valence-electron chi connectivity index (χ1n) is 17.4. The number of para-hydroxylation sites is 2. The number of carbonyl (C=O) groups excluding carboxylic acids is 2. The van der Waals surface area contributed by atoms with Crippen molar-refractivity contribution in [3.05, 3.63) is 89.5 Å². The average molecular weight is 673 g/mol. The van der Waals surface area contributed by atoms with Crippen molar-refractivity contribution in [3.63, 3.8) is 0 Å². The maximum absolute atomic E-state index is 12.6. The highest BCUT2D eigenvalue weighted by atomic mass is 16.7. The smallest absolute Gasteiger partial charge is 0.224 e. The lowest BCUT2D eigenvalue weighted by atomic mass is 9.98. The number of carbonyl (C=O) groups is 2. The molecule has 11 nitrogen and oxygen atoms in total. The normalized spacial score (nSPS) is 22.2. The van der Waals surface area contributed by atoms with Gasteiger partial charge in [-0.1, -0.05) is 55.0 Å². The Morgan fingerprint density at radius 2 is 1.47 bits per heavy atom. The molecule has 0 aliphatic carbocycles. The van der Waals surface area contributed by atoms with Crippen molar-refractivity contribution >= 4 is 28.9 Å². The van der Waals surface area contributed by atoms with Crippen LogP contribution in [0, 0.1) is 0 Å². The fraction of sp³-hybridized carbons (Fsp3) is 0.474. The summed E-state index contributed by atoms with van der Waals surface area (Å²) in [5, 5.41) is 15.3. The van der Waals surface area contributed by atoms with Crippen molar-refractivity contribution < 1.29 is 33.6 Å². The summed E-state index contributed by atoms with van der Waals surface area (Å²) in [5.41, 5.74) is 10.5. The lowest BCUT2D eigenvalue weighted by molar-refractivity contribution is -0.255. The van der Waals surface area contributed by atoms with Crippen molar-refractivity contribution in [2.24, 2.45) is 0 Å². The molecule has 0 saturated carbocycles. The summed E-state index contributed by atoms with van der Waals surface area (Å²) in [6, 6.07) is 22.7. The van der Waals surface area contributed by atoms with E-state index in [0.29, 0.717) is 62.4 Å². The first-order valence-corrected chi connectivity index (χ1v) is 17.4. The summed E-state index contributed by atoms with van der Waals surface area (Å²) < 4.78 is 24.9. The van der Waals surface area contributed by atoms with Gasteiger partial charge >= 0.3 is 0 Å². The maximum Gasteiger partial charge on any atom is 0.224 e. The zero-order chi connectivity index (χ0) is 34.1. The first-order chi connectivity index (χ1) is 23.9. The molecule has 0 bridgehead atoms. The van der Waals surface area contributed by atoms with Crippen molar-refractivity contribution in [3.8, 4) is 0 Å². The van der Waals surface area contributed by atoms with Crippen LogP contribution in [0.4, 0.5) is 17.1 Å². The third-order valence-electron chi connectivity index (χ3n) is 9.52. The summed E-state index contributed by atoms with van der Waals surface area (Å²) in [5.74, 6) is -0.567. The third kappa shape index (κ3) is 9.66. The van der Waals surface area contributed by atoms with Gasteiger partial charge in [0.05, 0.1) is 43.4 Å². The molecule has 3 fully saturated rings. The van der Waals surface area contributed by atoms with Crippen LogP contribution in [0.3, 0.4) is 0 Å². The number of ether oxygens (including phenoxy) is 4. The van der Waals surface area contributed by atoms with Crippen molar-refractivity contribution in [1.82, 2.24) is 4.90 Å². The average Bonchev–Trinajstić information content (AvgIpc) is 3.58. The number of aliphatic hydroxyl groups excluding tert-OH is 1. The van der Waals surface area contributed by atoms with E-state index in [-0.39, 0.29) is 30.6 Å². The molecule has 262 valence electrons. The van der Waals surface area contributed by atoms with Crippen LogP contribution < -0.4 is 16.4 Å². The zero-order valence-electron chi connectivity index (χ0n) is 28.0. The summed E-state index contributed by atoms with van der Waals surface area (Å²) in [7, 11) is 0. The largest absolute Gasteiger partial charge is 0.397 e. The molecule has 0 radical (unpaired) electrons. The lowest BCUT2D eigenvalue weighted by Crippen LogP contribution is -2.48. The van der Waals surface area contributed by atoms with Gasteiger partial charge < -0.3 is 45.3 Å². The standard InChI is InChI=1S/C38H48N4O7/c39-32-6-4-5-7-33(32)41-36(45)9-3-1-2-8-35(44)40-30-16-14-29(15-17-30)37-48-31(24-34(49-37)28-12-10-27(26-43)11-13-28)25-42-20-18-38(19-21-42)46-22-23-47-38/h4-7,10-17,31,34,37,43H,1-3,8-9,18-26,39H2,(H,40,44)(H,41,45)/t31-,34+,37+/m0/s1. The quantitative estimate of drug-likeness (QED) is 0.133. The van der Waals surface area contributed by atoms with E-state index in [2.05, 4.69) is 15.5 Å². The Balaban J connectivity index is 0.988. The van der Waals surface area contributed by atoms with Gasteiger partial charge in [0.25, 0.3) is 0 Å². The highest BCUT2D eigenvalue weighted by Crippen LogP contribution is 2.39. The second kappa shape index (κ2) is 16.7. The number of rotatable bonds is 13. The molecule has 11 heteroatoms. The Morgan fingerprint density at radius 3 is 2.14 bits per heavy atom. The number of nitrogens with two attached hydrogens (primary N) is 1. The van der Waals surface area contributed by atoms with Gasteiger partial charge in [0.15, 0.2) is 12.1 Å². The number of unbranched alkanes of at least 4 members (excludes halogenated alkanes) is 2. The minimum Gasteiger partial charge on any atom is -0.397 e. The molecule has 3 aliphatic heterocycles. The molecule has 0 unspecified atom stereocenters. The number of benzene rings is 3. The van der Waals surface area contributed by atoms with Gasteiger partial charge in [0.1, 0.15) is 0 Å². The van der Waals surface area contributed by atoms with Gasteiger partial charge in [-0.3, -0.25) is 9.59 Å². The number of aliphatic hydroxyl groups is 1. The number of nitrogens with one attached hydrogen (secondary N) is 2. The molecular formula is C38H48N4O7. The van der Waals surface area contributed by atoms with E-state index in [1.807, 2.05) is 60.7 Å². The van der Waals surface area contributed by atoms with Crippen LogP contribution in [0.25, 0.3) is 0 Å². The van der Waals surface area contributed by atoms with E-state index in [1.165, 1.54) is 0 Å². The molecule has 3 atom stereocenters. The number of likely N-dealkylation sites (tertiary alicyclic amines) is 1. The molecule has 6 rings (SSSR count). The van der Waals surface area contributed by atoms with Gasteiger partial charge in [-0.15, -0.1) is 0 Å². The fourth-order valence-electron chi connectivity index (χ4n) is 6.70. The monoisotopic (exact) mass is 672 g/mol. The van der Waals surface area contributed by atoms with Crippen LogP contribution in [0.1, 0.15) is 80.5 Å². The van der Waals surface area contributed by atoms with Crippen molar-refractivity contribution in [1.29, 1.82) is 0 Å². The number of hydrogen-bond donors (Lipinski definition) is 4. The molecule has 3 aromatic rings. The Morgan fingerprint density at radius 1 is 0.816 bits per heavy atom. The molecule has 1 spiro atoms. The molecule has 3 aromatic carbocycles. The van der Waals surface area contributed by atoms with Crippen LogP contribution in [-0.4, -0.2) is 66.6 Å². The number of anilines is 3. The van der Waals surface area contributed by atoms with Gasteiger partial charge in [-0.2, -0.15) is 0 Å². The van der Waals surface area contributed by atoms with E-state index < -0.39 is 12.1 Å². The molecule has 0 aromatic heterocycles. The first kappa shape index (κ1) is 35.0. The SMILES string of the molecule is Nc1ccccc1NC(=O)CCCCCC(=O)Nc1ccc([C@@H]2O[C@H](CN3CCC4(CC3)OCCO4)C[C@H](c3ccc(CO)cc3)O2)cc1. The highest BCUT2D eigenvalue weighted by molar-refractivity contribution is 5.93. The molecule has 2 amide bonds. The predicted molar refractivity (Wildman–Crippen MR) is 186 cm³/mol. The number of nitrogens with zero attached hydrogens (tertiary/aromatic N) is 1. The second-order valence-corrected chi connectivity index (χ2v) is 13.1. The second-order valence-electron chi connectivity index (χ2n) is 13.1. The number of hydrogen-bond acceptors (Lipinski definition) is 9. The minimum atomic E-state index is -0.570. The van der Waals surface area contributed by atoms with Gasteiger partial charge in [0.2, 0.25) is 11.8 Å². The molecule has 49 heavy (non-hydrogen) atoms. The summed E-state index contributed by atoms with van der Waals surface area (Å²) in [4.78, 5) is 27.3. The molecule has 5 N–H and O–H groups in total. The molecule has 3 aliphatic rings. The van der Waals surface area contributed by atoms with Crippen LogP contribution in [-0.2, 0) is 35.1 Å². The van der Waals surface area contributed by atoms with Crippen molar-refractivity contribution in [2.75, 3.05) is 49.2 Å². The van der Waals surface area contributed by atoms with Gasteiger partial charge in [-0.25, -0.2) is 0 Å². The summed E-state index contributed by atoms with van der Waals surface area (Å²) in [6.45, 7) is 3.87. The molecular weight excluding hydrogens is 624 g/mol. The Labute approximate surface area is 288 Å². The Bertz CT molecular complexity index is 1520.